The van der Waals surface area contributed by atoms with E-state index in [0.29, 0.717) is 5.95 Å². The molecular formula is C26H31N7S. The second kappa shape index (κ2) is 10.2. The Labute approximate surface area is 203 Å². The van der Waals surface area contributed by atoms with E-state index in [1.165, 1.54) is 4.90 Å². The predicted octanol–water partition coefficient (Wildman–Crippen LogP) is 6.21. The summed E-state index contributed by atoms with van der Waals surface area (Å²) in [4.78, 5) is 14.5. The molecule has 0 saturated heterocycles. The van der Waals surface area contributed by atoms with Crippen molar-refractivity contribution < 1.29 is 0 Å². The Bertz CT molecular complexity index is 1270. The maximum atomic E-state index is 4.72. The van der Waals surface area contributed by atoms with Crippen LogP contribution in [0.15, 0.2) is 78.3 Å². The summed E-state index contributed by atoms with van der Waals surface area (Å²) in [5, 5.41) is 8.97. The smallest absolute Gasteiger partial charge is 0.229 e. The zero-order valence-corrected chi connectivity index (χ0v) is 21.0. The van der Waals surface area contributed by atoms with Gasteiger partial charge in [-0.25, -0.2) is 9.97 Å². The van der Waals surface area contributed by atoms with E-state index in [1.807, 2.05) is 48.1 Å². The van der Waals surface area contributed by atoms with Crippen LogP contribution in [0.3, 0.4) is 0 Å². The minimum absolute atomic E-state index is 0.0276. The molecule has 1 unspecified atom stereocenters. The van der Waals surface area contributed by atoms with Gasteiger partial charge in [-0.3, -0.25) is 4.72 Å². The van der Waals surface area contributed by atoms with Gasteiger partial charge in [0.15, 0.2) is 0 Å². The maximum absolute atomic E-state index is 4.72. The second-order valence-corrected chi connectivity index (χ2v) is 10.8. The number of benzene rings is 2. The first-order chi connectivity index (χ1) is 16.3. The Morgan fingerprint density at radius 1 is 1.00 bits per heavy atom. The highest BCUT2D eigenvalue weighted by atomic mass is 32.2. The van der Waals surface area contributed by atoms with Gasteiger partial charge in [0.05, 0.1) is 6.33 Å². The zero-order valence-electron chi connectivity index (χ0n) is 20.2. The molecule has 0 bridgehead atoms. The van der Waals surface area contributed by atoms with Crippen LogP contribution in [0.4, 0.5) is 23.1 Å². The first kappa shape index (κ1) is 23.7. The monoisotopic (exact) mass is 473 g/mol. The minimum Gasteiger partial charge on any atom is -0.340 e. The van der Waals surface area contributed by atoms with E-state index in [1.54, 1.807) is 12.5 Å². The summed E-state index contributed by atoms with van der Waals surface area (Å²) in [5.74, 6) is 1.31. The van der Waals surface area contributed by atoms with Crippen LogP contribution in [-0.4, -0.2) is 30.4 Å². The van der Waals surface area contributed by atoms with Gasteiger partial charge >= 0.3 is 0 Å². The SMILES string of the molecule is C/C=S(\NC(C)(C)C)c1cccc(Nc2nc(Nc3ccc(-n4ccnc4)cc3)ncc2C)c1. The van der Waals surface area contributed by atoms with Gasteiger partial charge in [0, 0.05) is 51.7 Å². The summed E-state index contributed by atoms with van der Waals surface area (Å²) in [6, 6.07) is 16.5. The topological polar surface area (TPSA) is 79.7 Å². The minimum atomic E-state index is -0.148. The quantitative estimate of drug-likeness (QED) is 0.277. The standard InChI is InChI=1S/C26H31N7S/c1-6-34(32-26(3,4)5)23-9-7-8-21(16-23)29-24-19(2)17-28-25(31-24)30-20-10-12-22(13-11-20)33-15-14-27-18-33/h6-18,32H,1-5H3,(H2,28,29,30,31). The van der Waals surface area contributed by atoms with Gasteiger partial charge in [-0.2, -0.15) is 4.98 Å². The van der Waals surface area contributed by atoms with Crippen LogP contribution in [0.1, 0.15) is 33.3 Å². The van der Waals surface area contributed by atoms with Crippen molar-refractivity contribution in [2.24, 2.45) is 0 Å². The molecule has 0 saturated carbocycles. The molecule has 7 nitrogen and oxygen atoms in total. The summed E-state index contributed by atoms with van der Waals surface area (Å²) < 4.78 is 5.64. The van der Waals surface area contributed by atoms with E-state index < -0.39 is 0 Å². The fraction of sp³-hybridized carbons (Fsp3) is 0.231. The van der Waals surface area contributed by atoms with Gasteiger partial charge in [-0.15, -0.1) is 0 Å². The van der Waals surface area contributed by atoms with Crippen LogP contribution in [0, 0.1) is 6.92 Å². The normalized spacial score (nSPS) is 12.5. The summed E-state index contributed by atoms with van der Waals surface area (Å²) in [5.41, 5.74) is 3.95. The number of aromatic nitrogens is 4. The number of aryl methyl sites for hydroxylation is 1. The van der Waals surface area contributed by atoms with Crippen LogP contribution < -0.4 is 15.4 Å². The molecule has 1 atom stereocenters. The van der Waals surface area contributed by atoms with E-state index in [9.17, 15) is 0 Å². The van der Waals surface area contributed by atoms with Crippen molar-refractivity contribution in [2.45, 2.75) is 45.1 Å². The molecule has 8 heteroatoms. The number of hydrogen-bond donors (Lipinski definition) is 3. The second-order valence-electron chi connectivity index (χ2n) is 8.95. The lowest BCUT2D eigenvalue weighted by Crippen LogP contribution is -2.31. The molecule has 176 valence electrons. The van der Waals surface area contributed by atoms with Crippen molar-refractivity contribution in [3.8, 4) is 5.69 Å². The molecule has 0 fully saturated rings. The average Bonchev–Trinajstić information content (AvgIpc) is 3.35. The first-order valence-corrected chi connectivity index (χ1v) is 12.5. The van der Waals surface area contributed by atoms with Crippen molar-refractivity contribution in [3.63, 3.8) is 0 Å². The number of hydrogen-bond acceptors (Lipinski definition) is 6. The molecule has 4 rings (SSSR count). The molecule has 0 spiro atoms. The lowest BCUT2D eigenvalue weighted by Gasteiger charge is -2.24. The van der Waals surface area contributed by atoms with Gasteiger partial charge < -0.3 is 15.2 Å². The molecule has 2 heterocycles. The largest absolute Gasteiger partial charge is 0.340 e. The van der Waals surface area contributed by atoms with Gasteiger partial charge in [0.1, 0.15) is 5.82 Å². The first-order valence-electron chi connectivity index (χ1n) is 11.2. The Morgan fingerprint density at radius 3 is 2.47 bits per heavy atom. The van der Waals surface area contributed by atoms with Crippen molar-refractivity contribution in [3.05, 3.63) is 79.0 Å². The van der Waals surface area contributed by atoms with Crippen LogP contribution in [0.25, 0.3) is 5.69 Å². The molecule has 0 aliphatic rings. The number of rotatable bonds is 7. The van der Waals surface area contributed by atoms with E-state index >= 15 is 0 Å². The van der Waals surface area contributed by atoms with Crippen molar-refractivity contribution in [1.29, 1.82) is 0 Å². The highest BCUT2D eigenvalue weighted by Crippen LogP contribution is 2.29. The van der Waals surface area contributed by atoms with Crippen molar-refractivity contribution in [2.75, 3.05) is 10.6 Å². The summed E-state index contributed by atoms with van der Waals surface area (Å²) in [6.45, 7) is 10.6. The van der Waals surface area contributed by atoms with E-state index in [-0.39, 0.29) is 16.2 Å². The fourth-order valence-electron chi connectivity index (χ4n) is 3.32. The molecule has 0 aliphatic carbocycles. The summed E-state index contributed by atoms with van der Waals surface area (Å²) in [6.07, 6.45) is 7.28. The molecule has 2 aromatic carbocycles. The molecule has 0 radical (unpaired) electrons. The van der Waals surface area contributed by atoms with E-state index in [4.69, 9.17) is 4.98 Å². The van der Waals surface area contributed by atoms with Gasteiger partial charge in [-0.05, 0) is 82.5 Å². The van der Waals surface area contributed by atoms with E-state index in [2.05, 4.69) is 82.7 Å². The van der Waals surface area contributed by atoms with Gasteiger partial charge in [0.25, 0.3) is 0 Å². The Balaban J connectivity index is 1.51. The molecule has 0 amide bonds. The third kappa shape index (κ3) is 6.09. The van der Waals surface area contributed by atoms with Gasteiger partial charge in [-0.1, -0.05) is 16.7 Å². The van der Waals surface area contributed by atoms with Crippen molar-refractivity contribution in [1.82, 2.24) is 24.2 Å². The van der Waals surface area contributed by atoms with Crippen LogP contribution >= 0.6 is 10.7 Å². The molecule has 4 aromatic rings. The fourth-order valence-corrected chi connectivity index (χ4v) is 4.96. The Hall–Kier alpha value is -3.49. The maximum Gasteiger partial charge on any atom is 0.229 e. The van der Waals surface area contributed by atoms with Gasteiger partial charge in [0.2, 0.25) is 5.95 Å². The van der Waals surface area contributed by atoms with Crippen LogP contribution in [0.5, 0.6) is 0 Å². The highest BCUT2D eigenvalue weighted by molar-refractivity contribution is 8.13. The molecule has 2 aromatic heterocycles. The Morgan fingerprint density at radius 2 is 1.79 bits per heavy atom. The Kier molecular flexibility index (Phi) is 7.09. The number of imidazole rings is 1. The van der Waals surface area contributed by atoms with Crippen LogP contribution in [0.2, 0.25) is 0 Å². The third-order valence-corrected chi connectivity index (χ3v) is 6.97. The summed E-state index contributed by atoms with van der Waals surface area (Å²) >= 11 is 0. The predicted molar refractivity (Wildman–Crippen MR) is 144 cm³/mol. The highest BCUT2D eigenvalue weighted by Gasteiger charge is 2.12. The van der Waals surface area contributed by atoms with E-state index in [0.717, 1.165) is 28.4 Å². The van der Waals surface area contributed by atoms with Crippen molar-refractivity contribution >= 4 is 39.2 Å². The molecular weight excluding hydrogens is 442 g/mol. The summed E-state index contributed by atoms with van der Waals surface area (Å²) in [7, 11) is -0.148. The number of anilines is 4. The number of nitrogens with one attached hydrogen (secondary N) is 3. The number of nitrogens with zero attached hydrogens (tertiary/aromatic N) is 4. The van der Waals surface area contributed by atoms with Crippen LogP contribution in [-0.2, 0) is 0 Å². The molecule has 0 aliphatic heterocycles. The zero-order chi connectivity index (χ0) is 24.1. The lowest BCUT2D eigenvalue weighted by molar-refractivity contribution is 0.535. The molecule has 34 heavy (non-hydrogen) atoms. The lowest BCUT2D eigenvalue weighted by atomic mass is 10.1. The third-order valence-electron chi connectivity index (χ3n) is 4.90. The molecule has 3 N–H and O–H groups in total. The average molecular weight is 474 g/mol.